The smallest absolute Gasteiger partial charge is 0.256 e. The summed E-state index contributed by atoms with van der Waals surface area (Å²) in [5, 5.41) is 2.73. The molecule has 0 saturated carbocycles. The standard InChI is InChI=1S/C15H14N2O2/c1-10-6-8-11(9-7-10)17-15(19)13-5-3-2-4-12(13)14(16)18/h2-9H,1H3,(H2,16,18)(H,17,19). The van der Waals surface area contributed by atoms with Gasteiger partial charge in [-0.1, -0.05) is 29.8 Å². The fourth-order valence-electron chi connectivity index (χ4n) is 1.73. The maximum Gasteiger partial charge on any atom is 0.256 e. The second kappa shape index (κ2) is 5.35. The molecule has 0 aliphatic rings. The van der Waals surface area contributed by atoms with Crippen molar-refractivity contribution in [3.05, 3.63) is 65.2 Å². The molecule has 0 heterocycles. The first kappa shape index (κ1) is 12.8. The molecule has 2 aromatic carbocycles. The summed E-state index contributed by atoms with van der Waals surface area (Å²) in [4.78, 5) is 23.4. The van der Waals surface area contributed by atoms with Gasteiger partial charge in [0.15, 0.2) is 0 Å². The summed E-state index contributed by atoms with van der Waals surface area (Å²) in [6.45, 7) is 1.97. The van der Waals surface area contributed by atoms with E-state index in [1.807, 2.05) is 19.1 Å². The minimum Gasteiger partial charge on any atom is -0.366 e. The number of aryl methyl sites for hydroxylation is 1. The zero-order chi connectivity index (χ0) is 13.8. The van der Waals surface area contributed by atoms with E-state index in [4.69, 9.17) is 5.73 Å². The number of nitrogens with two attached hydrogens (primary N) is 1. The predicted molar refractivity (Wildman–Crippen MR) is 74.1 cm³/mol. The van der Waals surface area contributed by atoms with E-state index in [9.17, 15) is 9.59 Å². The Morgan fingerprint density at radius 2 is 1.53 bits per heavy atom. The number of carbonyl (C=O) groups is 2. The van der Waals surface area contributed by atoms with Crippen molar-refractivity contribution in [3.8, 4) is 0 Å². The molecule has 0 fully saturated rings. The summed E-state index contributed by atoms with van der Waals surface area (Å²) in [5.41, 5.74) is 7.52. The highest BCUT2D eigenvalue weighted by atomic mass is 16.2. The van der Waals surface area contributed by atoms with Crippen molar-refractivity contribution >= 4 is 17.5 Å². The lowest BCUT2D eigenvalue weighted by molar-refractivity contribution is 0.0977. The molecule has 0 saturated heterocycles. The average molecular weight is 254 g/mol. The van der Waals surface area contributed by atoms with Crippen molar-refractivity contribution in [2.24, 2.45) is 5.73 Å². The van der Waals surface area contributed by atoms with Gasteiger partial charge in [0, 0.05) is 5.69 Å². The number of hydrogen-bond acceptors (Lipinski definition) is 2. The highest BCUT2D eigenvalue weighted by Crippen LogP contribution is 2.13. The van der Waals surface area contributed by atoms with Gasteiger partial charge in [-0.25, -0.2) is 0 Å². The molecule has 0 aliphatic heterocycles. The molecule has 4 nitrogen and oxygen atoms in total. The van der Waals surface area contributed by atoms with Crippen molar-refractivity contribution in [1.82, 2.24) is 0 Å². The van der Waals surface area contributed by atoms with Crippen LogP contribution in [0, 0.1) is 6.92 Å². The fraction of sp³-hybridized carbons (Fsp3) is 0.0667. The third kappa shape index (κ3) is 2.98. The number of carbonyl (C=O) groups excluding carboxylic acids is 2. The number of primary amides is 1. The number of nitrogens with one attached hydrogen (secondary N) is 1. The minimum absolute atomic E-state index is 0.215. The Balaban J connectivity index is 2.25. The molecule has 2 amide bonds. The van der Waals surface area contributed by atoms with Gasteiger partial charge in [0.1, 0.15) is 0 Å². The summed E-state index contributed by atoms with van der Waals surface area (Å²) in [5.74, 6) is -0.965. The fourth-order valence-corrected chi connectivity index (χ4v) is 1.73. The third-order valence-corrected chi connectivity index (χ3v) is 2.75. The quantitative estimate of drug-likeness (QED) is 0.882. The Hall–Kier alpha value is -2.62. The van der Waals surface area contributed by atoms with Gasteiger partial charge in [-0.2, -0.15) is 0 Å². The maximum absolute atomic E-state index is 12.1. The molecular formula is C15H14N2O2. The molecule has 96 valence electrons. The zero-order valence-electron chi connectivity index (χ0n) is 10.5. The molecule has 4 heteroatoms. The first-order valence-corrected chi connectivity index (χ1v) is 5.85. The molecule has 0 radical (unpaired) electrons. The molecular weight excluding hydrogens is 240 g/mol. The van der Waals surface area contributed by atoms with Crippen molar-refractivity contribution in [1.29, 1.82) is 0 Å². The normalized spacial score (nSPS) is 9.95. The monoisotopic (exact) mass is 254 g/mol. The van der Waals surface area contributed by atoms with Crippen LogP contribution in [0.1, 0.15) is 26.3 Å². The summed E-state index contributed by atoms with van der Waals surface area (Å²) in [6, 6.07) is 13.9. The van der Waals surface area contributed by atoms with Crippen LogP contribution in [0.3, 0.4) is 0 Å². The third-order valence-electron chi connectivity index (χ3n) is 2.75. The van der Waals surface area contributed by atoms with Gasteiger partial charge >= 0.3 is 0 Å². The van der Waals surface area contributed by atoms with Crippen LogP contribution in [-0.4, -0.2) is 11.8 Å². The van der Waals surface area contributed by atoms with E-state index in [-0.39, 0.29) is 17.0 Å². The molecule has 0 spiro atoms. The number of benzene rings is 2. The zero-order valence-corrected chi connectivity index (χ0v) is 10.5. The van der Waals surface area contributed by atoms with Crippen molar-refractivity contribution in [3.63, 3.8) is 0 Å². The lowest BCUT2D eigenvalue weighted by Crippen LogP contribution is -2.20. The van der Waals surface area contributed by atoms with E-state index >= 15 is 0 Å². The molecule has 3 N–H and O–H groups in total. The van der Waals surface area contributed by atoms with Gasteiger partial charge in [0.2, 0.25) is 5.91 Å². The Morgan fingerprint density at radius 3 is 2.11 bits per heavy atom. The van der Waals surface area contributed by atoms with Crippen LogP contribution >= 0.6 is 0 Å². The Kier molecular flexibility index (Phi) is 3.61. The maximum atomic E-state index is 12.1. The van der Waals surface area contributed by atoms with Gasteiger partial charge in [-0.3, -0.25) is 9.59 Å². The van der Waals surface area contributed by atoms with E-state index in [1.165, 1.54) is 6.07 Å². The van der Waals surface area contributed by atoms with Crippen LogP contribution in [0.15, 0.2) is 48.5 Å². The molecule has 0 aliphatic carbocycles. The number of amides is 2. The molecule has 0 aromatic heterocycles. The van der Waals surface area contributed by atoms with Crippen LogP contribution in [-0.2, 0) is 0 Å². The number of rotatable bonds is 3. The molecule has 2 aromatic rings. The van der Waals surface area contributed by atoms with Crippen LogP contribution < -0.4 is 11.1 Å². The van der Waals surface area contributed by atoms with Crippen LogP contribution in [0.4, 0.5) is 5.69 Å². The van der Waals surface area contributed by atoms with Crippen molar-refractivity contribution in [2.75, 3.05) is 5.32 Å². The number of anilines is 1. The van der Waals surface area contributed by atoms with Crippen LogP contribution in [0.2, 0.25) is 0 Å². The molecule has 19 heavy (non-hydrogen) atoms. The Bertz CT molecular complexity index is 618. The number of hydrogen-bond donors (Lipinski definition) is 2. The van der Waals surface area contributed by atoms with Crippen LogP contribution in [0.5, 0.6) is 0 Å². The highest BCUT2D eigenvalue weighted by molar-refractivity contribution is 6.11. The van der Waals surface area contributed by atoms with Crippen LogP contribution in [0.25, 0.3) is 0 Å². The molecule has 0 bridgehead atoms. The summed E-state index contributed by atoms with van der Waals surface area (Å²) in [6.07, 6.45) is 0. The van der Waals surface area contributed by atoms with Gasteiger partial charge in [0.05, 0.1) is 11.1 Å². The lowest BCUT2D eigenvalue weighted by atomic mass is 10.1. The largest absolute Gasteiger partial charge is 0.366 e. The summed E-state index contributed by atoms with van der Waals surface area (Å²) in [7, 11) is 0. The second-order valence-electron chi connectivity index (χ2n) is 4.23. The van der Waals surface area contributed by atoms with E-state index < -0.39 is 5.91 Å². The Morgan fingerprint density at radius 1 is 0.947 bits per heavy atom. The SMILES string of the molecule is Cc1ccc(NC(=O)c2ccccc2C(N)=O)cc1. The van der Waals surface area contributed by atoms with Crippen molar-refractivity contribution < 1.29 is 9.59 Å². The van der Waals surface area contributed by atoms with Gasteiger partial charge in [-0.05, 0) is 31.2 Å². The van der Waals surface area contributed by atoms with Gasteiger partial charge in [-0.15, -0.1) is 0 Å². The highest BCUT2D eigenvalue weighted by Gasteiger charge is 2.14. The summed E-state index contributed by atoms with van der Waals surface area (Å²) >= 11 is 0. The lowest BCUT2D eigenvalue weighted by Gasteiger charge is -2.08. The van der Waals surface area contributed by atoms with Gasteiger partial charge in [0.25, 0.3) is 5.91 Å². The topological polar surface area (TPSA) is 72.2 Å². The van der Waals surface area contributed by atoms with E-state index in [2.05, 4.69) is 5.32 Å². The van der Waals surface area contributed by atoms with E-state index in [0.29, 0.717) is 5.69 Å². The Labute approximate surface area is 111 Å². The van der Waals surface area contributed by atoms with Gasteiger partial charge < -0.3 is 11.1 Å². The first-order valence-electron chi connectivity index (χ1n) is 5.85. The van der Waals surface area contributed by atoms with E-state index in [0.717, 1.165) is 5.56 Å². The summed E-state index contributed by atoms with van der Waals surface area (Å²) < 4.78 is 0. The second-order valence-corrected chi connectivity index (χ2v) is 4.23. The average Bonchev–Trinajstić information content (AvgIpc) is 2.41. The van der Waals surface area contributed by atoms with E-state index in [1.54, 1.807) is 30.3 Å². The first-order chi connectivity index (χ1) is 9.08. The molecule has 0 atom stereocenters. The molecule has 0 unspecified atom stereocenters. The predicted octanol–water partition coefficient (Wildman–Crippen LogP) is 2.35. The van der Waals surface area contributed by atoms with Crippen molar-refractivity contribution in [2.45, 2.75) is 6.92 Å². The minimum atomic E-state index is -0.616. The molecule has 2 rings (SSSR count).